The van der Waals surface area contributed by atoms with Gasteiger partial charge in [-0.1, -0.05) is 0 Å². The maximum absolute atomic E-state index is 11.4. The summed E-state index contributed by atoms with van der Waals surface area (Å²) in [6, 6.07) is 0. The van der Waals surface area contributed by atoms with E-state index in [2.05, 4.69) is 0 Å². The summed E-state index contributed by atoms with van der Waals surface area (Å²) >= 11 is 0. The first-order valence-electron chi connectivity index (χ1n) is 8.37. The summed E-state index contributed by atoms with van der Waals surface area (Å²) in [6.45, 7) is 8.69. The minimum Gasteiger partial charge on any atom is -0.460 e. The summed E-state index contributed by atoms with van der Waals surface area (Å²) in [4.78, 5) is 22.2. The van der Waals surface area contributed by atoms with Crippen molar-refractivity contribution in [3.8, 4) is 0 Å². The fourth-order valence-electron chi connectivity index (χ4n) is 1.55. The number of rotatable bonds is 15. The lowest BCUT2D eigenvalue weighted by Gasteiger charge is -2.19. The molecule has 0 aromatic carbocycles. The molecule has 9 nitrogen and oxygen atoms in total. The largest absolute Gasteiger partial charge is 0.460 e. The molecule has 1 amide bonds. The molecule has 0 aliphatic carbocycles. The normalized spacial score (nSPS) is 11.4. The van der Waals surface area contributed by atoms with Crippen LogP contribution in [0.3, 0.4) is 0 Å². The topological polar surface area (TPSA) is 118 Å². The van der Waals surface area contributed by atoms with Crippen LogP contribution in [0.15, 0.2) is 0 Å². The molecule has 0 saturated carbocycles. The van der Waals surface area contributed by atoms with Crippen molar-refractivity contribution in [3.63, 3.8) is 0 Å². The van der Waals surface area contributed by atoms with E-state index in [-0.39, 0.29) is 24.7 Å². The summed E-state index contributed by atoms with van der Waals surface area (Å²) in [6.07, 6.45) is 0.459. The smallest absolute Gasteiger partial charge is 0.308 e. The number of nitrogens with two attached hydrogens (primary N) is 1. The summed E-state index contributed by atoms with van der Waals surface area (Å²) in [5.74, 6) is 4.40. The van der Waals surface area contributed by atoms with Crippen molar-refractivity contribution in [3.05, 3.63) is 0 Å². The third kappa shape index (κ3) is 18.9. The Kier molecular flexibility index (Phi) is 14.3. The highest BCUT2D eigenvalue weighted by molar-refractivity contribution is 5.75. The second kappa shape index (κ2) is 15.0. The molecule has 0 atom stereocenters. The zero-order valence-electron chi connectivity index (χ0n) is 15.5. The molecule has 0 radical (unpaired) electrons. The fourth-order valence-corrected chi connectivity index (χ4v) is 1.55. The maximum atomic E-state index is 11.4. The Balaban J connectivity index is 3.19. The Morgan fingerprint density at radius 3 is 1.56 bits per heavy atom. The minimum atomic E-state index is -0.468. The van der Waals surface area contributed by atoms with Crippen LogP contribution in [0, 0.1) is 0 Å². The second-order valence-electron chi connectivity index (χ2n) is 6.10. The van der Waals surface area contributed by atoms with E-state index in [1.165, 1.54) is 0 Å². The van der Waals surface area contributed by atoms with Crippen LogP contribution in [0.4, 0.5) is 0 Å². The Morgan fingerprint density at radius 1 is 0.760 bits per heavy atom. The van der Waals surface area contributed by atoms with Gasteiger partial charge in [-0.2, -0.15) is 0 Å². The van der Waals surface area contributed by atoms with Crippen molar-refractivity contribution in [2.75, 3.05) is 52.9 Å². The van der Waals surface area contributed by atoms with E-state index in [1.807, 2.05) is 26.2 Å². The molecule has 0 unspecified atom stereocenters. The van der Waals surface area contributed by atoms with Gasteiger partial charge in [0, 0.05) is 0 Å². The Bertz CT molecular complexity index is 359. The lowest BCUT2D eigenvalue weighted by Crippen LogP contribution is -2.30. The van der Waals surface area contributed by atoms with Crippen molar-refractivity contribution in [1.29, 1.82) is 0 Å². The van der Waals surface area contributed by atoms with Gasteiger partial charge in [0.15, 0.2) is 0 Å². The molecule has 0 saturated heterocycles. The number of amides is 1. The van der Waals surface area contributed by atoms with Crippen molar-refractivity contribution in [2.24, 2.45) is 5.84 Å². The summed E-state index contributed by atoms with van der Waals surface area (Å²) in [5.41, 5.74) is 1.55. The average molecular weight is 364 g/mol. The highest BCUT2D eigenvalue weighted by atomic mass is 16.6. The molecule has 0 rings (SSSR count). The number of carbonyl (C=O) groups excluding carboxylic acids is 2. The van der Waals surface area contributed by atoms with Crippen LogP contribution in [0.1, 0.15) is 33.6 Å². The van der Waals surface area contributed by atoms with Crippen LogP contribution >= 0.6 is 0 Å². The van der Waals surface area contributed by atoms with Gasteiger partial charge in [0.05, 0.1) is 65.7 Å². The number of carbonyl (C=O) groups is 2. The van der Waals surface area contributed by atoms with E-state index in [9.17, 15) is 9.59 Å². The molecule has 0 bridgehead atoms. The van der Waals surface area contributed by atoms with Crippen LogP contribution in [0.5, 0.6) is 0 Å². The molecule has 0 aliphatic heterocycles. The first-order chi connectivity index (χ1) is 11.8. The summed E-state index contributed by atoms with van der Waals surface area (Å²) in [7, 11) is 0. The van der Waals surface area contributed by atoms with Gasteiger partial charge < -0.3 is 23.7 Å². The molecule has 3 N–H and O–H groups in total. The van der Waals surface area contributed by atoms with Gasteiger partial charge in [0.25, 0.3) is 0 Å². The number of hydrogen-bond donors (Lipinski definition) is 2. The third-order valence-electron chi connectivity index (χ3n) is 2.62. The molecule has 0 fully saturated rings. The van der Waals surface area contributed by atoms with Crippen LogP contribution in [0.2, 0.25) is 0 Å². The Labute approximate surface area is 149 Å². The molecule has 9 heteroatoms. The molecular weight excluding hydrogens is 332 g/mol. The average Bonchev–Trinajstić information content (AvgIpc) is 2.53. The molecule has 0 heterocycles. The van der Waals surface area contributed by atoms with Gasteiger partial charge in [0.2, 0.25) is 5.91 Å². The Morgan fingerprint density at radius 2 is 1.16 bits per heavy atom. The predicted octanol–water partition coefficient (Wildman–Crippen LogP) is 0.165. The fraction of sp³-hybridized carbons (Fsp3) is 0.875. The maximum Gasteiger partial charge on any atom is 0.308 e. The van der Waals surface area contributed by atoms with E-state index in [1.54, 1.807) is 0 Å². The van der Waals surface area contributed by atoms with Gasteiger partial charge in [-0.15, -0.1) is 0 Å². The first kappa shape index (κ1) is 23.7. The lowest BCUT2D eigenvalue weighted by molar-refractivity contribution is -0.156. The van der Waals surface area contributed by atoms with Crippen LogP contribution in [-0.4, -0.2) is 70.3 Å². The van der Waals surface area contributed by atoms with Crippen LogP contribution in [-0.2, 0) is 33.3 Å². The van der Waals surface area contributed by atoms with E-state index >= 15 is 0 Å². The van der Waals surface area contributed by atoms with Crippen molar-refractivity contribution >= 4 is 11.9 Å². The molecular formula is C16H32N2O7. The molecule has 0 spiro atoms. The van der Waals surface area contributed by atoms with Crippen molar-refractivity contribution in [2.45, 2.75) is 39.2 Å². The zero-order chi connectivity index (χ0) is 19.0. The van der Waals surface area contributed by atoms with Crippen LogP contribution < -0.4 is 11.3 Å². The van der Waals surface area contributed by atoms with E-state index in [0.717, 1.165) is 0 Å². The van der Waals surface area contributed by atoms with Gasteiger partial charge in [0.1, 0.15) is 5.60 Å². The molecule has 25 heavy (non-hydrogen) atoms. The molecule has 0 aromatic rings. The summed E-state index contributed by atoms with van der Waals surface area (Å²) in [5, 5.41) is 0. The SMILES string of the molecule is CC(C)(C)OC(=O)CCOCCOCCOCCOCCC(=O)NN. The number of hydrazine groups is 1. The lowest BCUT2D eigenvalue weighted by atomic mass is 10.2. The van der Waals surface area contributed by atoms with Gasteiger partial charge in [-0.05, 0) is 20.8 Å². The zero-order valence-corrected chi connectivity index (χ0v) is 15.5. The monoisotopic (exact) mass is 364 g/mol. The van der Waals surface area contributed by atoms with Gasteiger partial charge in [-0.25, -0.2) is 5.84 Å². The first-order valence-corrected chi connectivity index (χ1v) is 8.37. The van der Waals surface area contributed by atoms with Crippen molar-refractivity contribution < 1.29 is 33.3 Å². The van der Waals surface area contributed by atoms with Gasteiger partial charge in [-0.3, -0.25) is 15.0 Å². The minimum absolute atomic E-state index is 0.229. The van der Waals surface area contributed by atoms with E-state index in [4.69, 9.17) is 29.5 Å². The number of esters is 1. The summed E-state index contributed by atoms with van der Waals surface area (Å²) < 4.78 is 26.3. The third-order valence-corrected chi connectivity index (χ3v) is 2.62. The molecule has 0 aliphatic rings. The molecule has 148 valence electrons. The van der Waals surface area contributed by atoms with E-state index in [0.29, 0.717) is 52.9 Å². The standard InChI is InChI=1S/C16H32N2O7/c1-16(2,3)25-15(20)5-7-22-9-11-24-13-12-23-10-8-21-6-4-14(19)18-17/h4-13,17H2,1-3H3,(H,18,19). The second-order valence-corrected chi connectivity index (χ2v) is 6.10. The number of nitrogens with one attached hydrogen (secondary N) is 1. The van der Waals surface area contributed by atoms with E-state index < -0.39 is 5.60 Å². The highest BCUT2D eigenvalue weighted by Gasteiger charge is 2.15. The van der Waals surface area contributed by atoms with Crippen LogP contribution in [0.25, 0.3) is 0 Å². The number of ether oxygens (including phenoxy) is 5. The van der Waals surface area contributed by atoms with Gasteiger partial charge >= 0.3 is 5.97 Å². The highest BCUT2D eigenvalue weighted by Crippen LogP contribution is 2.07. The van der Waals surface area contributed by atoms with Crippen molar-refractivity contribution in [1.82, 2.24) is 5.43 Å². The molecule has 0 aromatic heterocycles. The number of hydrogen-bond acceptors (Lipinski definition) is 8. The quantitative estimate of drug-likeness (QED) is 0.139. The predicted molar refractivity (Wildman–Crippen MR) is 90.7 cm³/mol. The Hall–Kier alpha value is -1.26.